The SMILES string of the molecule is CCOc1ccc(CNC(=O)Cn2cc(-c3nnco3)c3ccccc32)cc1. The van der Waals surface area contributed by atoms with Gasteiger partial charge in [0.05, 0.1) is 12.2 Å². The van der Waals surface area contributed by atoms with Crippen LogP contribution in [0.2, 0.25) is 0 Å². The van der Waals surface area contributed by atoms with E-state index in [-0.39, 0.29) is 12.5 Å². The molecule has 4 aromatic rings. The third-order valence-electron chi connectivity index (χ3n) is 4.42. The highest BCUT2D eigenvalue weighted by Gasteiger charge is 2.15. The van der Waals surface area contributed by atoms with Crippen LogP contribution in [0.4, 0.5) is 0 Å². The standard InChI is InChI=1S/C21H20N4O3/c1-2-27-16-9-7-15(8-10-16)11-22-20(26)13-25-12-18(21-24-23-14-28-21)17-5-3-4-6-19(17)25/h3-10,12,14H,2,11,13H2,1H3,(H,22,26). The highest BCUT2D eigenvalue weighted by Crippen LogP contribution is 2.29. The minimum atomic E-state index is -0.0771. The lowest BCUT2D eigenvalue weighted by Crippen LogP contribution is -2.26. The van der Waals surface area contributed by atoms with Gasteiger partial charge in [0.1, 0.15) is 12.3 Å². The molecule has 0 bridgehead atoms. The van der Waals surface area contributed by atoms with Gasteiger partial charge in [-0.1, -0.05) is 30.3 Å². The zero-order valence-electron chi connectivity index (χ0n) is 15.5. The molecular formula is C21H20N4O3. The van der Waals surface area contributed by atoms with Crippen LogP contribution in [0.3, 0.4) is 0 Å². The number of para-hydroxylation sites is 1. The number of carbonyl (C=O) groups is 1. The van der Waals surface area contributed by atoms with E-state index in [1.807, 2.05) is 66.2 Å². The van der Waals surface area contributed by atoms with Crippen molar-refractivity contribution < 1.29 is 13.9 Å². The van der Waals surface area contributed by atoms with E-state index in [0.717, 1.165) is 27.8 Å². The summed E-state index contributed by atoms with van der Waals surface area (Å²) in [6.07, 6.45) is 3.17. The number of rotatable bonds is 7. The van der Waals surface area contributed by atoms with Crippen LogP contribution in [-0.4, -0.2) is 27.3 Å². The van der Waals surface area contributed by atoms with E-state index in [4.69, 9.17) is 9.15 Å². The number of benzene rings is 2. The van der Waals surface area contributed by atoms with Gasteiger partial charge in [0, 0.05) is 23.6 Å². The maximum absolute atomic E-state index is 12.5. The largest absolute Gasteiger partial charge is 0.494 e. The molecule has 0 unspecified atom stereocenters. The van der Waals surface area contributed by atoms with Crippen molar-refractivity contribution in [2.75, 3.05) is 6.61 Å². The monoisotopic (exact) mass is 376 g/mol. The van der Waals surface area contributed by atoms with Gasteiger partial charge in [-0.15, -0.1) is 10.2 Å². The molecule has 0 spiro atoms. The Balaban J connectivity index is 1.46. The smallest absolute Gasteiger partial charge is 0.249 e. The fourth-order valence-electron chi connectivity index (χ4n) is 3.12. The van der Waals surface area contributed by atoms with E-state index >= 15 is 0 Å². The normalized spacial score (nSPS) is 10.9. The van der Waals surface area contributed by atoms with Crippen molar-refractivity contribution in [3.63, 3.8) is 0 Å². The Morgan fingerprint density at radius 2 is 2.00 bits per heavy atom. The molecule has 0 radical (unpaired) electrons. The Morgan fingerprint density at radius 1 is 1.18 bits per heavy atom. The van der Waals surface area contributed by atoms with Gasteiger partial charge in [-0.25, -0.2) is 0 Å². The van der Waals surface area contributed by atoms with Crippen LogP contribution >= 0.6 is 0 Å². The highest BCUT2D eigenvalue weighted by molar-refractivity contribution is 5.94. The molecule has 0 fully saturated rings. The van der Waals surface area contributed by atoms with Crippen LogP contribution < -0.4 is 10.1 Å². The topological polar surface area (TPSA) is 82.2 Å². The molecule has 142 valence electrons. The molecule has 1 amide bonds. The number of fused-ring (bicyclic) bond motifs is 1. The Kier molecular flexibility index (Phi) is 5.05. The van der Waals surface area contributed by atoms with Gasteiger partial charge < -0.3 is 19.0 Å². The molecule has 7 nitrogen and oxygen atoms in total. The van der Waals surface area contributed by atoms with E-state index in [9.17, 15) is 4.79 Å². The summed E-state index contributed by atoms with van der Waals surface area (Å²) in [6, 6.07) is 15.5. The Bertz CT molecular complexity index is 1070. The lowest BCUT2D eigenvalue weighted by Gasteiger charge is -2.08. The van der Waals surface area contributed by atoms with Crippen LogP contribution in [0.25, 0.3) is 22.4 Å². The van der Waals surface area contributed by atoms with Crippen molar-refractivity contribution in [2.24, 2.45) is 0 Å². The molecule has 4 rings (SSSR count). The second kappa shape index (κ2) is 7.96. The highest BCUT2D eigenvalue weighted by atomic mass is 16.5. The summed E-state index contributed by atoms with van der Waals surface area (Å²) in [5.74, 6) is 1.18. The van der Waals surface area contributed by atoms with E-state index in [0.29, 0.717) is 19.0 Å². The van der Waals surface area contributed by atoms with Gasteiger partial charge in [-0.3, -0.25) is 4.79 Å². The summed E-state index contributed by atoms with van der Waals surface area (Å²) in [5.41, 5.74) is 2.76. The van der Waals surface area contributed by atoms with E-state index in [1.54, 1.807) is 0 Å². The predicted octanol–water partition coefficient (Wildman–Crippen LogP) is 3.41. The molecule has 0 aliphatic carbocycles. The van der Waals surface area contributed by atoms with Crippen LogP contribution in [0, 0.1) is 0 Å². The summed E-state index contributed by atoms with van der Waals surface area (Å²) in [7, 11) is 0. The number of aromatic nitrogens is 3. The lowest BCUT2D eigenvalue weighted by molar-refractivity contribution is -0.121. The second-order valence-corrected chi connectivity index (χ2v) is 6.29. The van der Waals surface area contributed by atoms with E-state index in [2.05, 4.69) is 15.5 Å². The maximum atomic E-state index is 12.5. The first kappa shape index (κ1) is 17.8. The molecule has 0 atom stereocenters. The van der Waals surface area contributed by atoms with Crippen molar-refractivity contribution in [1.29, 1.82) is 0 Å². The first-order valence-corrected chi connectivity index (χ1v) is 9.07. The number of hydrogen-bond donors (Lipinski definition) is 1. The van der Waals surface area contributed by atoms with Crippen molar-refractivity contribution in [3.8, 4) is 17.2 Å². The molecule has 2 aromatic heterocycles. The Labute approximate surface area is 161 Å². The van der Waals surface area contributed by atoms with Gasteiger partial charge in [-0.2, -0.15) is 0 Å². The molecule has 28 heavy (non-hydrogen) atoms. The quantitative estimate of drug-likeness (QED) is 0.534. The third-order valence-corrected chi connectivity index (χ3v) is 4.42. The molecule has 2 heterocycles. The molecule has 1 N–H and O–H groups in total. The lowest BCUT2D eigenvalue weighted by atomic mass is 10.2. The molecule has 7 heteroatoms. The average molecular weight is 376 g/mol. The molecule has 2 aromatic carbocycles. The van der Waals surface area contributed by atoms with Gasteiger partial charge in [-0.05, 0) is 30.7 Å². The third kappa shape index (κ3) is 3.73. The maximum Gasteiger partial charge on any atom is 0.249 e. The number of amides is 1. The average Bonchev–Trinajstić information content (AvgIpc) is 3.36. The summed E-state index contributed by atoms with van der Waals surface area (Å²) < 4.78 is 12.7. The number of ether oxygens (including phenoxy) is 1. The summed E-state index contributed by atoms with van der Waals surface area (Å²) in [4.78, 5) is 12.5. The number of hydrogen-bond acceptors (Lipinski definition) is 5. The first-order valence-electron chi connectivity index (χ1n) is 9.07. The zero-order chi connectivity index (χ0) is 19.3. The molecular weight excluding hydrogens is 356 g/mol. The minimum absolute atomic E-state index is 0.0771. The second-order valence-electron chi connectivity index (χ2n) is 6.29. The summed E-state index contributed by atoms with van der Waals surface area (Å²) >= 11 is 0. The van der Waals surface area contributed by atoms with Crippen LogP contribution in [0.15, 0.2) is 65.5 Å². The van der Waals surface area contributed by atoms with Gasteiger partial charge in [0.15, 0.2) is 0 Å². The van der Waals surface area contributed by atoms with Gasteiger partial charge >= 0.3 is 0 Å². The van der Waals surface area contributed by atoms with E-state index < -0.39 is 0 Å². The Morgan fingerprint density at radius 3 is 2.75 bits per heavy atom. The van der Waals surface area contributed by atoms with Crippen LogP contribution in [-0.2, 0) is 17.9 Å². The Hall–Kier alpha value is -3.61. The fraction of sp³-hybridized carbons (Fsp3) is 0.190. The predicted molar refractivity (Wildman–Crippen MR) is 105 cm³/mol. The number of nitrogens with one attached hydrogen (secondary N) is 1. The number of carbonyl (C=O) groups excluding carboxylic acids is 1. The fourth-order valence-corrected chi connectivity index (χ4v) is 3.12. The van der Waals surface area contributed by atoms with Crippen molar-refractivity contribution >= 4 is 16.8 Å². The van der Waals surface area contributed by atoms with Crippen molar-refractivity contribution in [2.45, 2.75) is 20.0 Å². The molecule has 0 aliphatic heterocycles. The van der Waals surface area contributed by atoms with Gasteiger partial charge in [0.25, 0.3) is 0 Å². The summed E-state index contributed by atoms with van der Waals surface area (Å²) in [6.45, 7) is 3.24. The van der Waals surface area contributed by atoms with E-state index in [1.165, 1.54) is 6.39 Å². The number of nitrogens with zero attached hydrogens (tertiary/aromatic N) is 3. The molecule has 0 saturated heterocycles. The van der Waals surface area contributed by atoms with Gasteiger partial charge in [0.2, 0.25) is 18.2 Å². The first-order chi connectivity index (χ1) is 13.7. The minimum Gasteiger partial charge on any atom is -0.494 e. The zero-order valence-corrected chi connectivity index (χ0v) is 15.5. The molecule has 0 aliphatic rings. The van der Waals surface area contributed by atoms with Crippen LogP contribution in [0.5, 0.6) is 5.75 Å². The molecule has 0 saturated carbocycles. The van der Waals surface area contributed by atoms with Crippen molar-refractivity contribution in [3.05, 3.63) is 66.7 Å². The van der Waals surface area contributed by atoms with Crippen LogP contribution in [0.1, 0.15) is 12.5 Å². The summed E-state index contributed by atoms with van der Waals surface area (Å²) in [5, 5.41) is 11.6. The van der Waals surface area contributed by atoms with Crippen molar-refractivity contribution in [1.82, 2.24) is 20.1 Å².